The van der Waals surface area contributed by atoms with Gasteiger partial charge >= 0.3 is 0 Å². The predicted molar refractivity (Wildman–Crippen MR) is 121 cm³/mol. The molecular weight excluding hydrogens is 382 g/mol. The molecule has 0 bridgehead atoms. The molecule has 0 saturated heterocycles. The maximum Gasteiger partial charge on any atom is 0.241 e. The van der Waals surface area contributed by atoms with Crippen molar-refractivity contribution < 1.29 is 8.42 Å². The maximum absolute atomic E-state index is 13.0. The van der Waals surface area contributed by atoms with Crippen LogP contribution in [0.2, 0.25) is 25.7 Å². The zero-order valence-corrected chi connectivity index (χ0v) is 19.1. The first kappa shape index (κ1) is 22.4. The highest BCUT2D eigenvalue weighted by molar-refractivity contribution is 7.89. The van der Waals surface area contributed by atoms with Crippen molar-refractivity contribution in [2.24, 2.45) is 0 Å². The van der Waals surface area contributed by atoms with E-state index >= 15 is 0 Å². The SMILES string of the molecule is C=C=C(C[Si](C)(C)C)C(CCc1ccccc1)NS(=O)(=O)c1ccc(C)cc1. The molecule has 0 fully saturated rings. The van der Waals surface area contributed by atoms with E-state index in [1.165, 1.54) is 5.56 Å². The number of nitrogens with one attached hydrogen (secondary N) is 1. The molecule has 0 spiro atoms. The molecule has 1 unspecified atom stereocenters. The van der Waals surface area contributed by atoms with Crippen LogP contribution >= 0.6 is 0 Å². The largest absolute Gasteiger partial charge is 0.241 e. The van der Waals surface area contributed by atoms with Crippen molar-refractivity contribution in [3.05, 3.63) is 83.6 Å². The topological polar surface area (TPSA) is 46.2 Å². The van der Waals surface area contributed by atoms with Crippen molar-refractivity contribution >= 4 is 18.1 Å². The molecule has 3 nitrogen and oxygen atoms in total. The zero-order chi connectivity index (χ0) is 20.8. The van der Waals surface area contributed by atoms with Gasteiger partial charge in [-0.3, -0.25) is 0 Å². The summed E-state index contributed by atoms with van der Waals surface area (Å²) in [6, 6.07) is 17.6. The highest BCUT2D eigenvalue weighted by atomic mass is 32.2. The molecule has 2 aromatic carbocycles. The van der Waals surface area contributed by atoms with Gasteiger partial charge in [-0.25, -0.2) is 13.1 Å². The van der Waals surface area contributed by atoms with Crippen LogP contribution in [-0.2, 0) is 16.4 Å². The maximum atomic E-state index is 13.0. The first-order valence-electron chi connectivity index (χ1n) is 9.62. The lowest BCUT2D eigenvalue weighted by molar-refractivity contribution is 0.554. The monoisotopic (exact) mass is 413 g/mol. The van der Waals surface area contributed by atoms with Crippen LogP contribution in [0.3, 0.4) is 0 Å². The molecule has 2 aromatic rings. The van der Waals surface area contributed by atoms with Crippen molar-refractivity contribution in [2.75, 3.05) is 0 Å². The van der Waals surface area contributed by atoms with Gasteiger partial charge in [0.1, 0.15) is 0 Å². The Bertz CT molecular complexity index is 923. The molecule has 5 heteroatoms. The van der Waals surface area contributed by atoms with E-state index in [9.17, 15) is 8.42 Å². The molecule has 150 valence electrons. The molecule has 0 aliphatic heterocycles. The Kier molecular flexibility index (Phi) is 7.61. The van der Waals surface area contributed by atoms with E-state index in [0.717, 1.165) is 23.6 Å². The minimum Gasteiger partial charge on any atom is -0.207 e. The highest BCUT2D eigenvalue weighted by Gasteiger charge is 2.26. The van der Waals surface area contributed by atoms with Gasteiger partial charge in [-0.15, -0.1) is 5.73 Å². The smallest absolute Gasteiger partial charge is 0.207 e. The van der Waals surface area contributed by atoms with Gasteiger partial charge in [0.2, 0.25) is 10.0 Å². The summed E-state index contributed by atoms with van der Waals surface area (Å²) in [5.41, 5.74) is 6.24. The van der Waals surface area contributed by atoms with Crippen LogP contribution in [0, 0.1) is 6.92 Å². The van der Waals surface area contributed by atoms with Gasteiger partial charge in [-0.05, 0) is 49.1 Å². The molecular formula is C23H31NO2SSi. The Morgan fingerprint density at radius 1 is 1.07 bits per heavy atom. The fourth-order valence-electron chi connectivity index (χ4n) is 3.11. The molecule has 0 aromatic heterocycles. The van der Waals surface area contributed by atoms with Crippen molar-refractivity contribution in [3.8, 4) is 0 Å². The van der Waals surface area contributed by atoms with Crippen molar-refractivity contribution in [2.45, 2.75) is 56.4 Å². The average molecular weight is 414 g/mol. The third-order valence-electron chi connectivity index (χ3n) is 4.56. The Labute approximate surface area is 171 Å². The van der Waals surface area contributed by atoms with Crippen molar-refractivity contribution in [1.82, 2.24) is 4.72 Å². The summed E-state index contributed by atoms with van der Waals surface area (Å²) < 4.78 is 28.9. The summed E-state index contributed by atoms with van der Waals surface area (Å²) in [6.45, 7) is 12.6. The van der Waals surface area contributed by atoms with Crippen LogP contribution in [0.5, 0.6) is 0 Å². The molecule has 0 saturated carbocycles. The molecule has 0 aliphatic rings. The fourth-order valence-corrected chi connectivity index (χ4v) is 5.89. The van der Waals surface area contributed by atoms with E-state index in [0.29, 0.717) is 11.3 Å². The van der Waals surface area contributed by atoms with Crippen LogP contribution < -0.4 is 4.72 Å². The van der Waals surface area contributed by atoms with Gasteiger partial charge in [-0.1, -0.05) is 74.2 Å². The quantitative estimate of drug-likeness (QED) is 0.446. The molecule has 0 aliphatic carbocycles. The Hall–Kier alpha value is -1.91. The van der Waals surface area contributed by atoms with E-state index in [1.54, 1.807) is 12.1 Å². The summed E-state index contributed by atoms with van der Waals surface area (Å²) in [4.78, 5) is 0.291. The van der Waals surface area contributed by atoms with Gasteiger partial charge in [0.15, 0.2) is 0 Å². The molecule has 0 radical (unpaired) electrons. The van der Waals surface area contributed by atoms with Crippen LogP contribution in [0.25, 0.3) is 0 Å². The second-order valence-corrected chi connectivity index (χ2v) is 15.6. The number of hydrogen-bond acceptors (Lipinski definition) is 2. The molecule has 1 atom stereocenters. The third-order valence-corrected chi connectivity index (χ3v) is 7.49. The normalized spacial score (nSPS) is 13.0. The van der Waals surface area contributed by atoms with Gasteiger partial charge in [0.25, 0.3) is 0 Å². The number of benzene rings is 2. The minimum absolute atomic E-state index is 0.291. The van der Waals surface area contributed by atoms with E-state index in [-0.39, 0.29) is 6.04 Å². The summed E-state index contributed by atoms with van der Waals surface area (Å²) in [7, 11) is -5.06. The van der Waals surface area contributed by atoms with Gasteiger partial charge in [0.05, 0.1) is 10.9 Å². The number of hydrogen-bond donors (Lipinski definition) is 1. The highest BCUT2D eigenvalue weighted by Crippen LogP contribution is 2.23. The van der Waals surface area contributed by atoms with Crippen LogP contribution in [0.1, 0.15) is 17.5 Å². The van der Waals surface area contributed by atoms with Crippen LogP contribution in [0.4, 0.5) is 0 Å². The van der Waals surface area contributed by atoms with Crippen LogP contribution in [-0.4, -0.2) is 22.5 Å². The molecule has 1 N–H and O–H groups in total. The van der Waals surface area contributed by atoms with E-state index in [1.807, 2.05) is 37.3 Å². The predicted octanol–water partition coefficient (Wildman–Crippen LogP) is 5.32. The van der Waals surface area contributed by atoms with E-state index in [2.05, 4.69) is 48.8 Å². The second kappa shape index (κ2) is 9.53. The lowest BCUT2D eigenvalue weighted by atomic mass is 10.0. The van der Waals surface area contributed by atoms with E-state index in [4.69, 9.17) is 0 Å². The Morgan fingerprint density at radius 3 is 2.21 bits per heavy atom. The number of sulfonamides is 1. The van der Waals surface area contributed by atoms with Crippen molar-refractivity contribution in [1.29, 1.82) is 0 Å². The van der Waals surface area contributed by atoms with Crippen molar-refractivity contribution in [3.63, 3.8) is 0 Å². The molecule has 0 heterocycles. The summed E-state index contributed by atoms with van der Waals surface area (Å²) in [5.74, 6) is 0. The van der Waals surface area contributed by atoms with Gasteiger partial charge < -0.3 is 0 Å². The second-order valence-electron chi connectivity index (χ2n) is 8.45. The molecule has 0 amide bonds. The molecule has 28 heavy (non-hydrogen) atoms. The van der Waals surface area contributed by atoms with E-state index < -0.39 is 18.1 Å². The fraction of sp³-hybridized carbons (Fsp3) is 0.348. The summed E-state index contributed by atoms with van der Waals surface area (Å²) in [5, 5.41) is 0. The first-order valence-corrected chi connectivity index (χ1v) is 14.8. The Balaban J connectivity index is 2.28. The van der Waals surface area contributed by atoms with Gasteiger partial charge in [0, 0.05) is 8.07 Å². The lowest BCUT2D eigenvalue weighted by Gasteiger charge is -2.25. The molecule has 2 rings (SSSR count). The number of rotatable bonds is 9. The lowest BCUT2D eigenvalue weighted by Crippen LogP contribution is -2.38. The Morgan fingerprint density at radius 2 is 1.68 bits per heavy atom. The summed E-state index contributed by atoms with van der Waals surface area (Å²) >= 11 is 0. The van der Waals surface area contributed by atoms with Gasteiger partial charge in [-0.2, -0.15) is 0 Å². The first-order chi connectivity index (χ1) is 13.1. The number of aryl methyl sites for hydroxylation is 2. The zero-order valence-electron chi connectivity index (χ0n) is 17.3. The summed E-state index contributed by atoms with van der Waals surface area (Å²) in [6.07, 6.45) is 1.47. The third kappa shape index (κ3) is 6.92. The van der Waals surface area contributed by atoms with Crippen LogP contribution in [0.15, 0.2) is 77.4 Å². The standard InChI is InChI=1S/C23H31NO2SSi/c1-6-21(18-28(3,4)5)23(17-14-20-10-8-7-9-11-20)24-27(25,26)22-15-12-19(2)13-16-22/h7-13,15-16,23-24H,1,14,17-18H2,2-5H3. The average Bonchev–Trinajstić information content (AvgIpc) is 2.63. The minimum atomic E-state index is -3.61.